The number of aromatic nitrogens is 1. The zero-order valence-electron chi connectivity index (χ0n) is 18.5. The summed E-state index contributed by atoms with van der Waals surface area (Å²) in [5, 5.41) is 2.93. The van der Waals surface area contributed by atoms with Crippen molar-refractivity contribution < 1.29 is 9.18 Å². The average Bonchev–Trinajstić information content (AvgIpc) is 2.83. The molecular weight excluding hydrogens is 413 g/mol. The normalized spacial score (nSPS) is 10.6. The fourth-order valence-corrected chi connectivity index (χ4v) is 3.66. The van der Waals surface area contributed by atoms with Crippen molar-refractivity contribution in [3.63, 3.8) is 0 Å². The zero-order chi connectivity index (χ0) is 23.0. The quantitative estimate of drug-likeness (QED) is 0.371. The molecule has 4 nitrogen and oxygen atoms in total. The van der Waals surface area contributed by atoms with Crippen LogP contribution in [-0.4, -0.2) is 10.9 Å². The summed E-state index contributed by atoms with van der Waals surface area (Å²) < 4.78 is 13.1. The number of carbonyl (C=O) groups is 1. The Kier molecular flexibility index (Phi) is 7.10. The summed E-state index contributed by atoms with van der Waals surface area (Å²) >= 11 is 0. The van der Waals surface area contributed by atoms with Crippen LogP contribution in [0.15, 0.2) is 97.1 Å². The standard InChI is InChI=1S/C28H26FN3O/c1-21-26(31-28(33)18-22-12-14-25(29)15-13-22)16-17-27(30-21)32(19-23-8-4-2-5-9-23)20-24-10-6-3-7-11-24/h2-17H,18-20H2,1H3,(H,31,33). The average molecular weight is 440 g/mol. The molecule has 1 heterocycles. The molecule has 3 aromatic carbocycles. The molecule has 4 aromatic rings. The van der Waals surface area contributed by atoms with Crippen molar-refractivity contribution in [1.82, 2.24) is 4.98 Å². The van der Waals surface area contributed by atoms with Crippen LogP contribution in [0.1, 0.15) is 22.4 Å². The Balaban J connectivity index is 1.50. The zero-order valence-corrected chi connectivity index (χ0v) is 18.5. The molecule has 0 aliphatic carbocycles. The van der Waals surface area contributed by atoms with Crippen molar-refractivity contribution in [3.05, 3.63) is 125 Å². The predicted molar refractivity (Wildman–Crippen MR) is 130 cm³/mol. The molecule has 1 amide bonds. The number of amides is 1. The van der Waals surface area contributed by atoms with Crippen LogP contribution in [0.25, 0.3) is 0 Å². The summed E-state index contributed by atoms with van der Waals surface area (Å²) in [5.41, 5.74) is 4.57. The minimum absolute atomic E-state index is 0.162. The number of pyridine rings is 1. The van der Waals surface area contributed by atoms with E-state index in [0.29, 0.717) is 5.69 Å². The topological polar surface area (TPSA) is 45.2 Å². The maximum absolute atomic E-state index is 13.1. The smallest absolute Gasteiger partial charge is 0.228 e. The molecule has 5 heteroatoms. The van der Waals surface area contributed by atoms with Crippen molar-refractivity contribution in [2.45, 2.75) is 26.4 Å². The molecule has 0 unspecified atom stereocenters. The number of anilines is 2. The Morgan fingerprint density at radius 3 is 1.91 bits per heavy atom. The van der Waals surface area contributed by atoms with Crippen LogP contribution in [0.3, 0.4) is 0 Å². The Labute approximate surface area is 193 Å². The first-order chi connectivity index (χ1) is 16.1. The second-order valence-electron chi connectivity index (χ2n) is 7.98. The van der Waals surface area contributed by atoms with Gasteiger partial charge in [0.15, 0.2) is 0 Å². The molecule has 0 aliphatic rings. The number of halogens is 1. The predicted octanol–water partition coefficient (Wildman–Crippen LogP) is 5.92. The molecule has 1 aromatic heterocycles. The van der Waals surface area contributed by atoms with Gasteiger partial charge in [0, 0.05) is 13.1 Å². The molecule has 0 saturated heterocycles. The summed E-state index contributed by atoms with van der Waals surface area (Å²) in [4.78, 5) is 19.5. The van der Waals surface area contributed by atoms with Gasteiger partial charge in [0.1, 0.15) is 11.6 Å². The summed E-state index contributed by atoms with van der Waals surface area (Å²) in [7, 11) is 0. The molecular formula is C28H26FN3O. The van der Waals surface area contributed by atoms with Crippen LogP contribution in [0.5, 0.6) is 0 Å². The maximum atomic E-state index is 13.1. The largest absolute Gasteiger partial charge is 0.348 e. The van der Waals surface area contributed by atoms with E-state index in [1.807, 2.05) is 55.5 Å². The Bertz CT molecular complexity index is 1150. The van der Waals surface area contributed by atoms with Gasteiger partial charge in [0.2, 0.25) is 5.91 Å². The maximum Gasteiger partial charge on any atom is 0.228 e. The Hall–Kier alpha value is -3.99. The number of aryl methyl sites for hydroxylation is 1. The molecule has 1 N–H and O–H groups in total. The second-order valence-corrected chi connectivity index (χ2v) is 7.98. The van der Waals surface area contributed by atoms with Crippen LogP contribution in [0.2, 0.25) is 0 Å². The Morgan fingerprint density at radius 2 is 1.36 bits per heavy atom. The first-order valence-corrected chi connectivity index (χ1v) is 10.9. The number of benzene rings is 3. The van der Waals surface area contributed by atoms with Crippen molar-refractivity contribution in [2.24, 2.45) is 0 Å². The first kappa shape index (κ1) is 22.2. The highest BCUT2D eigenvalue weighted by Gasteiger charge is 2.13. The molecule has 0 aliphatic heterocycles. The van der Waals surface area contributed by atoms with Crippen LogP contribution >= 0.6 is 0 Å². The first-order valence-electron chi connectivity index (χ1n) is 10.9. The van der Waals surface area contributed by atoms with Crippen molar-refractivity contribution in [3.8, 4) is 0 Å². The lowest BCUT2D eigenvalue weighted by atomic mass is 10.1. The molecule has 0 saturated carbocycles. The summed E-state index contributed by atoms with van der Waals surface area (Å²) in [5.74, 6) is 0.367. The van der Waals surface area contributed by atoms with E-state index < -0.39 is 0 Å². The number of hydrogen-bond acceptors (Lipinski definition) is 3. The lowest BCUT2D eigenvalue weighted by Gasteiger charge is -2.25. The van der Waals surface area contributed by atoms with Crippen LogP contribution < -0.4 is 10.2 Å². The van der Waals surface area contributed by atoms with Gasteiger partial charge >= 0.3 is 0 Å². The van der Waals surface area contributed by atoms with Gasteiger partial charge in [-0.1, -0.05) is 72.8 Å². The monoisotopic (exact) mass is 439 g/mol. The fraction of sp³-hybridized carbons (Fsp3) is 0.143. The minimum Gasteiger partial charge on any atom is -0.348 e. The number of carbonyl (C=O) groups excluding carboxylic acids is 1. The van der Waals surface area contributed by atoms with Gasteiger partial charge in [-0.05, 0) is 47.9 Å². The second kappa shape index (κ2) is 10.6. The van der Waals surface area contributed by atoms with Gasteiger partial charge < -0.3 is 10.2 Å². The molecule has 33 heavy (non-hydrogen) atoms. The van der Waals surface area contributed by atoms with Gasteiger partial charge in [-0.2, -0.15) is 0 Å². The van der Waals surface area contributed by atoms with Gasteiger partial charge in [-0.3, -0.25) is 4.79 Å². The van der Waals surface area contributed by atoms with Crippen molar-refractivity contribution in [2.75, 3.05) is 10.2 Å². The highest BCUT2D eigenvalue weighted by Crippen LogP contribution is 2.23. The molecule has 0 bridgehead atoms. The Morgan fingerprint density at radius 1 is 0.788 bits per heavy atom. The van der Waals surface area contributed by atoms with Crippen molar-refractivity contribution >= 4 is 17.4 Å². The van der Waals surface area contributed by atoms with E-state index in [2.05, 4.69) is 34.5 Å². The number of hydrogen-bond donors (Lipinski definition) is 1. The highest BCUT2D eigenvalue weighted by molar-refractivity contribution is 5.92. The minimum atomic E-state index is -0.314. The molecule has 0 fully saturated rings. The van der Waals surface area contributed by atoms with Gasteiger partial charge in [-0.25, -0.2) is 9.37 Å². The summed E-state index contributed by atoms with van der Waals surface area (Å²) in [6, 6.07) is 30.4. The molecule has 0 atom stereocenters. The SMILES string of the molecule is Cc1nc(N(Cc2ccccc2)Cc2ccccc2)ccc1NC(=O)Cc1ccc(F)cc1. The lowest BCUT2D eigenvalue weighted by molar-refractivity contribution is -0.115. The van der Waals surface area contributed by atoms with Crippen LogP contribution in [0, 0.1) is 12.7 Å². The van der Waals surface area contributed by atoms with Gasteiger partial charge in [0.05, 0.1) is 17.8 Å². The third-order valence-corrected chi connectivity index (χ3v) is 5.38. The fourth-order valence-electron chi connectivity index (χ4n) is 3.66. The highest BCUT2D eigenvalue weighted by atomic mass is 19.1. The summed E-state index contributed by atoms with van der Waals surface area (Å²) in [6.07, 6.45) is 0.176. The molecule has 0 radical (unpaired) electrons. The van der Waals surface area contributed by atoms with E-state index in [9.17, 15) is 9.18 Å². The van der Waals surface area contributed by atoms with Gasteiger partial charge in [-0.15, -0.1) is 0 Å². The lowest BCUT2D eigenvalue weighted by Crippen LogP contribution is -2.24. The number of nitrogens with zero attached hydrogens (tertiary/aromatic N) is 2. The third-order valence-electron chi connectivity index (χ3n) is 5.38. The van der Waals surface area contributed by atoms with E-state index in [1.54, 1.807) is 12.1 Å². The van der Waals surface area contributed by atoms with Gasteiger partial charge in [0.25, 0.3) is 0 Å². The van der Waals surface area contributed by atoms with E-state index >= 15 is 0 Å². The van der Waals surface area contributed by atoms with E-state index in [-0.39, 0.29) is 18.1 Å². The summed E-state index contributed by atoms with van der Waals surface area (Å²) in [6.45, 7) is 3.33. The third kappa shape index (κ3) is 6.26. The van der Waals surface area contributed by atoms with Crippen LogP contribution in [-0.2, 0) is 24.3 Å². The van der Waals surface area contributed by atoms with E-state index in [0.717, 1.165) is 30.2 Å². The molecule has 0 spiro atoms. The number of nitrogens with one attached hydrogen (secondary N) is 1. The number of rotatable bonds is 8. The van der Waals surface area contributed by atoms with E-state index in [1.165, 1.54) is 23.3 Å². The van der Waals surface area contributed by atoms with E-state index in [4.69, 9.17) is 4.98 Å². The molecule has 166 valence electrons. The van der Waals surface area contributed by atoms with Crippen molar-refractivity contribution in [1.29, 1.82) is 0 Å². The molecule has 4 rings (SSSR count). The van der Waals surface area contributed by atoms with Crippen LogP contribution in [0.4, 0.5) is 15.9 Å².